The normalized spacial score (nSPS) is 28.7. The first kappa shape index (κ1) is 20.3. The minimum absolute atomic E-state index is 0.197. The molecule has 2 fully saturated rings. The maximum atomic E-state index is 12.4. The number of thiophene rings is 1. The number of carbonyl (C=O) groups is 1. The van der Waals surface area contributed by atoms with Gasteiger partial charge in [-0.15, -0.1) is 11.3 Å². The molecular weight excluding hydrogens is 438 g/mol. The summed E-state index contributed by atoms with van der Waals surface area (Å²) in [7, 11) is 3.33. The fraction of sp³-hybridized carbons (Fsp3) is 0.381. The zero-order valence-corrected chi connectivity index (χ0v) is 18.3. The second kappa shape index (κ2) is 7.21. The Hall–Kier alpha value is -2.64. The molecule has 3 aromatic heterocycles. The molecule has 31 heavy (non-hydrogen) atoms. The molecule has 0 aliphatic heterocycles. The smallest absolute Gasteiger partial charge is 0.229 e. The molecule has 0 radical (unpaired) electrons. The number of rotatable bonds is 3. The molecule has 0 saturated heterocycles. The number of carbonyl (C=O) groups excluding carboxylic acids is 1. The van der Waals surface area contributed by atoms with E-state index < -0.39 is 23.7 Å². The van der Waals surface area contributed by atoms with Crippen molar-refractivity contribution in [3.05, 3.63) is 39.4 Å². The summed E-state index contributed by atoms with van der Waals surface area (Å²) in [6.45, 7) is 0. The predicted octanol–water partition coefficient (Wildman–Crippen LogP) is 1.62. The third-order valence-electron chi connectivity index (χ3n) is 6.33. The van der Waals surface area contributed by atoms with E-state index in [1.807, 2.05) is 12.1 Å². The molecule has 2 aliphatic rings. The van der Waals surface area contributed by atoms with Crippen molar-refractivity contribution in [1.29, 1.82) is 0 Å². The highest BCUT2D eigenvalue weighted by Crippen LogP contribution is 2.67. The molecule has 0 spiro atoms. The van der Waals surface area contributed by atoms with Crippen LogP contribution in [0.25, 0.3) is 11.2 Å². The minimum Gasteiger partial charge on any atom is -0.389 e. The van der Waals surface area contributed by atoms with Crippen LogP contribution in [-0.2, 0) is 4.79 Å². The number of aliphatic hydroxyl groups is 2. The first-order chi connectivity index (χ1) is 14.9. The number of nitrogens with one attached hydrogen (secondary N) is 2. The van der Waals surface area contributed by atoms with Crippen molar-refractivity contribution >= 4 is 45.7 Å². The molecule has 8 nitrogen and oxygen atoms in total. The first-order valence-corrected chi connectivity index (χ1v) is 11.0. The Morgan fingerprint density at radius 3 is 2.84 bits per heavy atom. The number of nitrogens with zero attached hydrogens (tertiary/aromatic N) is 3. The number of aliphatic hydroxyl groups excluding tert-OH is 2. The molecule has 2 unspecified atom stereocenters. The number of aromatic nitrogens is 3. The lowest BCUT2D eigenvalue weighted by molar-refractivity contribution is -0.132. The molecule has 3 aromatic rings. The largest absolute Gasteiger partial charge is 0.389 e. The topological polar surface area (TPSA) is 112 Å². The maximum absolute atomic E-state index is 12.4. The van der Waals surface area contributed by atoms with E-state index in [0.29, 0.717) is 27.6 Å². The first-order valence-electron chi connectivity index (χ1n) is 9.81. The summed E-state index contributed by atoms with van der Waals surface area (Å²) in [5.74, 6) is 5.68. The van der Waals surface area contributed by atoms with Crippen LogP contribution in [0.1, 0.15) is 23.0 Å². The van der Waals surface area contributed by atoms with Crippen molar-refractivity contribution < 1.29 is 15.0 Å². The Balaban J connectivity index is 1.58. The molecule has 2 aliphatic carbocycles. The van der Waals surface area contributed by atoms with Crippen LogP contribution in [0.15, 0.2) is 24.5 Å². The van der Waals surface area contributed by atoms with Crippen molar-refractivity contribution in [2.75, 3.05) is 19.4 Å². The Labute approximate surface area is 187 Å². The van der Waals surface area contributed by atoms with Gasteiger partial charge in [-0.3, -0.25) is 4.79 Å². The highest BCUT2D eigenvalue weighted by atomic mass is 35.5. The lowest BCUT2D eigenvalue weighted by Gasteiger charge is -2.23. The van der Waals surface area contributed by atoms with Gasteiger partial charge in [0.25, 0.3) is 0 Å². The summed E-state index contributed by atoms with van der Waals surface area (Å²) in [6, 6.07) is 4.95. The van der Waals surface area contributed by atoms with Gasteiger partial charge in [0.2, 0.25) is 5.91 Å². The van der Waals surface area contributed by atoms with Crippen LogP contribution >= 0.6 is 22.9 Å². The molecule has 5 atom stereocenters. The summed E-state index contributed by atoms with van der Waals surface area (Å²) >= 11 is 7.36. The fourth-order valence-corrected chi connectivity index (χ4v) is 5.67. The van der Waals surface area contributed by atoms with Crippen LogP contribution in [-0.4, -0.2) is 57.0 Å². The highest BCUT2D eigenvalue weighted by Gasteiger charge is 2.75. The Morgan fingerprint density at radius 2 is 2.16 bits per heavy atom. The van der Waals surface area contributed by atoms with Gasteiger partial charge < -0.3 is 25.4 Å². The number of imidazole rings is 1. The predicted molar refractivity (Wildman–Crippen MR) is 118 cm³/mol. The molecule has 4 N–H and O–H groups in total. The molecule has 3 heterocycles. The van der Waals surface area contributed by atoms with Crippen LogP contribution in [0.2, 0.25) is 4.34 Å². The van der Waals surface area contributed by atoms with Crippen LogP contribution < -0.4 is 10.6 Å². The van der Waals surface area contributed by atoms with E-state index in [1.165, 1.54) is 18.4 Å². The third kappa shape index (κ3) is 2.94. The molecular formula is C21H20ClN5O3S. The Bertz CT molecular complexity index is 1260. The van der Waals surface area contributed by atoms with E-state index in [9.17, 15) is 15.0 Å². The Morgan fingerprint density at radius 1 is 1.35 bits per heavy atom. The van der Waals surface area contributed by atoms with Gasteiger partial charge in [0.1, 0.15) is 17.3 Å². The van der Waals surface area contributed by atoms with Crippen LogP contribution in [0.3, 0.4) is 0 Å². The second-order valence-corrected chi connectivity index (χ2v) is 9.55. The summed E-state index contributed by atoms with van der Waals surface area (Å²) in [5, 5.41) is 27.2. The SMILES string of the molecule is CNC(=O)[C@]12CC1[C@@H](n1cnc3c(NC)cc(C#Cc4ccc(Cl)s4)nc31)C(O)[C@@H]2O. The Kier molecular flexibility index (Phi) is 4.71. The van der Waals surface area contributed by atoms with Crippen molar-refractivity contribution in [2.24, 2.45) is 11.3 Å². The van der Waals surface area contributed by atoms with E-state index in [0.717, 1.165) is 10.6 Å². The van der Waals surface area contributed by atoms with Crippen molar-refractivity contribution in [3.8, 4) is 11.8 Å². The van der Waals surface area contributed by atoms with Crippen LogP contribution in [0.5, 0.6) is 0 Å². The van der Waals surface area contributed by atoms with Gasteiger partial charge in [0, 0.05) is 20.0 Å². The number of fused-ring (bicyclic) bond motifs is 2. The van der Waals surface area contributed by atoms with Gasteiger partial charge in [-0.05, 0) is 36.5 Å². The molecule has 160 valence electrons. The van der Waals surface area contributed by atoms with E-state index in [1.54, 1.807) is 24.0 Å². The fourth-order valence-electron chi connectivity index (χ4n) is 4.77. The van der Waals surface area contributed by atoms with Gasteiger partial charge in [-0.1, -0.05) is 11.6 Å². The van der Waals surface area contributed by atoms with Crippen molar-refractivity contribution in [3.63, 3.8) is 0 Å². The van der Waals surface area contributed by atoms with E-state index >= 15 is 0 Å². The zero-order valence-electron chi connectivity index (χ0n) is 16.8. The number of anilines is 1. The van der Waals surface area contributed by atoms with Crippen LogP contribution in [0, 0.1) is 23.2 Å². The van der Waals surface area contributed by atoms with E-state index in [2.05, 4.69) is 32.4 Å². The summed E-state index contributed by atoms with van der Waals surface area (Å²) in [4.78, 5) is 22.4. The van der Waals surface area contributed by atoms with Gasteiger partial charge in [0.05, 0.1) is 38.8 Å². The number of hydrogen-bond acceptors (Lipinski definition) is 7. The lowest BCUT2D eigenvalue weighted by Crippen LogP contribution is -2.41. The van der Waals surface area contributed by atoms with Crippen molar-refractivity contribution in [2.45, 2.75) is 24.7 Å². The summed E-state index contributed by atoms with van der Waals surface area (Å²) in [5.41, 5.74) is 1.49. The zero-order chi connectivity index (χ0) is 21.9. The molecule has 10 heteroatoms. The van der Waals surface area contributed by atoms with Crippen LogP contribution in [0.4, 0.5) is 5.69 Å². The van der Waals surface area contributed by atoms with Gasteiger partial charge in [-0.2, -0.15) is 0 Å². The number of halogens is 1. The van der Waals surface area contributed by atoms with Gasteiger partial charge in [0.15, 0.2) is 5.65 Å². The molecule has 0 bridgehead atoms. The van der Waals surface area contributed by atoms with Gasteiger partial charge >= 0.3 is 0 Å². The van der Waals surface area contributed by atoms with E-state index in [-0.39, 0.29) is 11.8 Å². The monoisotopic (exact) mass is 457 g/mol. The van der Waals surface area contributed by atoms with Gasteiger partial charge in [-0.25, -0.2) is 9.97 Å². The standard InChI is InChI=1S/C21H20ClN5O3S/c1-23-13-7-10(3-4-11-5-6-14(22)31-11)26-19-15(13)25-9-27(19)16-12-8-21(12,20(30)24-2)18(29)17(16)28/h5-7,9,12,16-18,28-29H,8H2,1-2H3,(H,23,26)(H,24,30)/t12?,16-,17?,18+,21-/m1/s1. The summed E-state index contributed by atoms with van der Waals surface area (Å²) in [6.07, 6.45) is -0.132. The average Bonchev–Trinajstić information content (AvgIpc) is 3.02. The molecule has 0 aromatic carbocycles. The number of pyridine rings is 1. The quantitative estimate of drug-likeness (QED) is 0.445. The second-order valence-electron chi connectivity index (χ2n) is 7.84. The molecule has 5 rings (SSSR count). The third-order valence-corrected chi connectivity index (χ3v) is 7.48. The highest BCUT2D eigenvalue weighted by molar-refractivity contribution is 7.16. The molecule has 2 saturated carbocycles. The maximum Gasteiger partial charge on any atom is 0.229 e. The summed E-state index contributed by atoms with van der Waals surface area (Å²) < 4.78 is 2.43. The number of amides is 1. The van der Waals surface area contributed by atoms with E-state index in [4.69, 9.17) is 11.6 Å². The average molecular weight is 458 g/mol. The minimum atomic E-state index is -1.14. The number of hydrogen-bond donors (Lipinski definition) is 4. The van der Waals surface area contributed by atoms with Crippen molar-refractivity contribution in [1.82, 2.24) is 19.9 Å². The molecule has 1 amide bonds. The lowest BCUT2D eigenvalue weighted by atomic mass is 9.98.